The Bertz CT molecular complexity index is 2830. The molecule has 0 saturated heterocycles. The lowest BCUT2D eigenvalue weighted by atomic mass is 9.94. The molecule has 0 aliphatic carbocycles. The van der Waals surface area contributed by atoms with Crippen LogP contribution in [-0.2, 0) is 13.1 Å². The van der Waals surface area contributed by atoms with Gasteiger partial charge in [0.1, 0.15) is 54.0 Å². The summed E-state index contributed by atoms with van der Waals surface area (Å²) >= 11 is 0. The standard InChI is InChI=1S/C23H24F3N5O2.C22H22F3N5O3/c1-13-16-9-27-31-11-19-22(28-21(16)31)30(17(12-33-19)20(25)26)10-14-8-15(24)4-5-18(14)32-7-6-23(2,3)29-13;1-22(2)10-26-21(31)14-6-27-30-8-17-20(28-19(14)30)29(15(9-32-17)18(24)25)7-12-5-13(23)3-4-16(12)33-11-22/h4-5,8-9,11,17,20,29H,1,6-7,10,12H2,2-3H3;3-6,8,15,18H,7,9-11H2,1-2H3,(H,26,31)/t17-;15-/m00/s1. The van der Waals surface area contributed by atoms with Gasteiger partial charge in [-0.15, -0.1) is 0 Å². The zero-order chi connectivity index (χ0) is 46.7. The second-order valence-corrected chi connectivity index (χ2v) is 17.9. The second-order valence-electron chi connectivity index (χ2n) is 17.9. The van der Waals surface area contributed by atoms with E-state index in [9.17, 15) is 31.1 Å². The van der Waals surface area contributed by atoms with E-state index in [-0.39, 0.29) is 67.0 Å². The molecule has 66 heavy (non-hydrogen) atoms. The van der Waals surface area contributed by atoms with Gasteiger partial charge in [0.2, 0.25) is 0 Å². The number of aromatic nitrogens is 6. The number of fused-ring (bicyclic) bond motifs is 2. The molecule has 4 aromatic heterocycles. The van der Waals surface area contributed by atoms with E-state index in [0.29, 0.717) is 64.9 Å². The van der Waals surface area contributed by atoms with E-state index in [4.69, 9.17) is 18.9 Å². The Kier molecular flexibility index (Phi) is 11.5. The van der Waals surface area contributed by atoms with Crippen LogP contribution < -0.4 is 39.4 Å². The Balaban J connectivity index is 0.000000166. The molecule has 10 rings (SSSR count). The van der Waals surface area contributed by atoms with E-state index in [1.165, 1.54) is 67.6 Å². The molecule has 21 heteroatoms. The summed E-state index contributed by atoms with van der Waals surface area (Å²) in [5, 5.41) is 14.8. The summed E-state index contributed by atoms with van der Waals surface area (Å²) in [7, 11) is 0. The third-order valence-corrected chi connectivity index (χ3v) is 11.7. The molecule has 2 atom stereocenters. The van der Waals surface area contributed by atoms with Crippen LogP contribution in [-0.4, -0.2) is 98.5 Å². The molecule has 0 spiro atoms. The van der Waals surface area contributed by atoms with Crippen molar-refractivity contribution in [3.63, 3.8) is 0 Å². The highest BCUT2D eigenvalue weighted by atomic mass is 19.3. The highest BCUT2D eigenvalue weighted by Gasteiger charge is 2.39. The van der Waals surface area contributed by atoms with Gasteiger partial charge in [0.05, 0.1) is 43.6 Å². The molecule has 4 bridgehead atoms. The van der Waals surface area contributed by atoms with E-state index >= 15 is 0 Å². The molecule has 1 amide bonds. The quantitative estimate of drug-likeness (QED) is 0.172. The molecule has 0 unspecified atom stereocenters. The molecule has 15 nitrogen and oxygen atoms in total. The van der Waals surface area contributed by atoms with Crippen LogP contribution in [0, 0.1) is 17.0 Å². The topological polar surface area (TPSA) is 145 Å². The minimum Gasteiger partial charge on any atom is -0.493 e. The number of hydrogen-bond acceptors (Lipinski definition) is 12. The fraction of sp³-hybridized carbons (Fsp3) is 0.400. The zero-order valence-corrected chi connectivity index (χ0v) is 36.3. The average molecular weight is 921 g/mol. The highest BCUT2D eigenvalue weighted by Crippen LogP contribution is 2.40. The van der Waals surface area contributed by atoms with Crippen LogP contribution in [0.1, 0.15) is 61.2 Å². The van der Waals surface area contributed by atoms with Crippen LogP contribution in [0.15, 0.2) is 67.8 Å². The smallest absolute Gasteiger partial charge is 0.261 e. The maximum atomic E-state index is 14.1. The summed E-state index contributed by atoms with van der Waals surface area (Å²) in [5.41, 5.74) is 2.14. The number of rotatable bonds is 2. The molecule has 4 aliphatic rings. The molecule has 0 fully saturated rings. The predicted molar refractivity (Wildman–Crippen MR) is 230 cm³/mol. The van der Waals surface area contributed by atoms with Gasteiger partial charge in [0.25, 0.3) is 18.8 Å². The van der Waals surface area contributed by atoms with Crippen molar-refractivity contribution in [3.05, 3.63) is 102 Å². The van der Waals surface area contributed by atoms with Gasteiger partial charge >= 0.3 is 0 Å². The first-order valence-corrected chi connectivity index (χ1v) is 21.1. The van der Waals surface area contributed by atoms with Crippen LogP contribution in [0.3, 0.4) is 0 Å². The summed E-state index contributed by atoms with van der Waals surface area (Å²) in [6.07, 6.45) is 1.28. The second kappa shape index (κ2) is 17.1. The predicted octanol–water partition coefficient (Wildman–Crippen LogP) is 7.07. The highest BCUT2D eigenvalue weighted by molar-refractivity contribution is 6.00. The number of carbonyl (C=O) groups is 1. The molecule has 0 saturated carbocycles. The van der Waals surface area contributed by atoms with Gasteiger partial charge in [-0.2, -0.15) is 10.2 Å². The Hall–Kier alpha value is -6.93. The van der Waals surface area contributed by atoms with E-state index in [0.717, 1.165) is 0 Å². The molecule has 348 valence electrons. The molecular weight excluding hydrogens is 875 g/mol. The summed E-state index contributed by atoms with van der Waals surface area (Å²) in [6.45, 7) is 12.2. The number of amides is 1. The number of ether oxygens (including phenoxy) is 4. The van der Waals surface area contributed by atoms with Crippen molar-refractivity contribution in [1.29, 1.82) is 0 Å². The van der Waals surface area contributed by atoms with Crippen molar-refractivity contribution in [2.45, 2.75) is 77.7 Å². The number of carbonyl (C=O) groups excluding carboxylic acids is 1. The van der Waals surface area contributed by atoms with Gasteiger partial charge in [-0.05, 0) is 50.2 Å². The lowest BCUT2D eigenvalue weighted by Crippen LogP contribution is -2.48. The van der Waals surface area contributed by atoms with Crippen LogP contribution >= 0.6 is 0 Å². The molecule has 8 heterocycles. The van der Waals surface area contributed by atoms with Gasteiger partial charge in [0, 0.05) is 53.8 Å². The van der Waals surface area contributed by atoms with Crippen molar-refractivity contribution in [2.24, 2.45) is 5.41 Å². The van der Waals surface area contributed by atoms with Crippen LogP contribution in [0.25, 0.3) is 17.0 Å². The molecule has 4 aliphatic heterocycles. The molecule has 2 N–H and O–H groups in total. The Morgan fingerprint density at radius 2 is 1.24 bits per heavy atom. The van der Waals surface area contributed by atoms with Gasteiger partial charge < -0.3 is 39.4 Å². The summed E-state index contributed by atoms with van der Waals surface area (Å²) in [5.74, 6) is 0.365. The van der Waals surface area contributed by atoms with E-state index < -0.39 is 47.9 Å². The fourth-order valence-corrected chi connectivity index (χ4v) is 8.09. The lowest BCUT2D eigenvalue weighted by molar-refractivity contribution is 0.0761. The first-order valence-electron chi connectivity index (χ1n) is 21.1. The van der Waals surface area contributed by atoms with E-state index in [1.54, 1.807) is 12.4 Å². The largest absolute Gasteiger partial charge is 0.493 e. The monoisotopic (exact) mass is 920 g/mol. The molecule has 2 aromatic carbocycles. The molecular formula is C45H46F6N10O5. The summed E-state index contributed by atoms with van der Waals surface area (Å²) in [6, 6.07) is 5.57. The van der Waals surface area contributed by atoms with Crippen molar-refractivity contribution in [3.8, 4) is 23.0 Å². The number of halogens is 6. The Morgan fingerprint density at radius 3 is 1.79 bits per heavy atom. The average Bonchev–Trinajstić information content (AvgIpc) is 3.88. The maximum absolute atomic E-state index is 14.1. The number of anilines is 2. The van der Waals surface area contributed by atoms with Crippen molar-refractivity contribution in [1.82, 2.24) is 39.8 Å². The number of alkyl halides is 4. The Morgan fingerprint density at radius 1 is 0.727 bits per heavy atom. The number of hydrogen-bond donors (Lipinski definition) is 2. The van der Waals surface area contributed by atoms with Gasteiger partial charge in [0.15, 0.2) is 34.4 Å². The van der Waals surface area contributed by atoms with Crippen LogP contribution in [0.5, 0.6) is 23.0 Å². The summed E-state index contributed by atoms with van der Waals surface area (Å²) in [4.78, 5) is 24.8. The Labute approximate surface area is 374 Å². The van der Waals surface area contributed by atoms with Crippen molar-refractivity contribution in [2.75, 3.05) is 42.8 Å². The maximum Gasteiger partial charge on any atom is 0.261 e. The first-order chi connectivity index (χ1) is 31.4. The van der Waals surface area contributed by atoms with E-state index in [2.05, 4.69) is 37.4 Å². The van der Waals surface area contributed by atoms with Crippen LogP contribution in [0.2, 0.25) is 0 Å². The van der Waals surface area contributed by atoms with Crippen molar-refractivity contribution >= 4 is 34.5 Å². The first kappa shape index (κ1) is 44.3. The van der Waals surface area contributed by atoms with Gasteiger partial charge in [-0.25, -0.2) is 45.3 Å². The number of benzene rings is 2. The minimum atomic E-state index is -2.75. The SMILES string of the molecule is C=C1NC(C)(C)CCOc2ccc(F)cc2CN2c3nc4c1cnn4cc3OC[C@H]2C(F)F.CC1(C)CNC(=O)c2cnn3cc4c(nc23)N(Cc2cc(F)ccc2OC1)[C@H](C(F)F)CO4. The molecule has 0 radical (unpaired) electrons. The van der Waals surface area contributed by atoms with Crippen LogP contribution in [0.4, 0.5) is 38.0 Å². The lowest BCUT2D eigenvalue weighted by Gasteiger charge is -2.37. The summed E-state index contributed by atoms with van der Waals surface area (Å²) < 4.78 is 110. The van der Waals surface area contributed by atoms with E-state index in [1.807, 2.05) is 27.7 Å². The fourth-order valence-electron chi connectivity index (χ4n) is 8.09. The normalized spacial score (nSPS) is 20.1. The third-order valence-electron chi connectivity index (χ3n) is 11.7. The number of nitrogens with zero attached hydrogens (tertiary/aromatic N) is 8. The zero-order valence-electron chi connectivity index (χ0n) is 36.3. The van der Waals surface area contributed by atoms with Crippen molar-refractivity contribution < 1.29 is 50.1 Å². The number of nitrogens with one attached hydrogen (secondary N) is 2. The molecule has 6 aromatic rings. The minimum absolute atomic E-state index is 0.0201. The van der Waals surface area contributed by atoms with Gasteiger partial charge in [-0.1, -0.05) is 20.4 Å². The third kappa shape index (κ3) is 8.77. The van der Waals surface area contributed by atoms with Gasteiger partial charge in [-0.3, -0.25) is 4.79 Å².